The van der Waals surface area contributed by atoms with E-state index in [9.17, 15) is 23.5 Å². The number of hydrogen-bond acceptors (Lipinski definition) is 10. The van der Waals surface area contributed by atoms with Crippen molar-refractivity contribution < 1.29 is 46.1 Å². The van der Waals surface area contributed by atoms with Crippen LogP contribution < -0.4 is 14.4 Å². The summed E-state index contributed by atoms with van der Waals surface area (Å²) in [5.74, 6) is -3.92. The number of benzene rings is 1. The van der Waals surface area contributed by atoms with Crippen LogP contribution in [0.3, 0.4) is 0 Å². The summed E-state index contributed by atoms with van der Waals surface area (Å²) in [4.78, 5) is 44.0. The van der Waals surface area contributed by atoms with Gasteiger partial charge in [0.05, 0.1) is 25.4 Å². The lowest BCUT2D eigenvalue weighted by Gasteiger charge is -2.41. The summed E-state index contributed by atoms with van der Waals surface area (Å²) in [6.45, 7) is 3.07. The number of rotatable bonds is 8. The van der Waals surface area contributed by atoms with Crippen LogP contribution in [0.25, 0.3) is 33.2 Å². The second-order valence-corrected chi connectivity index (χ2v) is 12.7. The van der Waals surface area contributed by atoms with Gasteiger partial charge in [-0.2, -0.15) is 0 Å². The number of para-hydroxylation sites is 1. The lowest BCUT2D eigenvalue weighted by atomic mass is 9.78. The van der Waals surface area contributed by atoms with E-state index in [0.29, 0.717) is 11.0 Å². The molecule has 2 aliphatic heterocycles. The number of methoxy groups -OCH3 is 1. The number of aromatic nitrogens is 4. The van der Waals surface area contributed by atoms with E-state index in [1.807, 2.05) is 0 Å². The number of likely N-dealkylation sites (tertiary alicyclic amines) is 1. The third-order valence-corrected chi connectivity index (χ3v) is 9.63. The molecule has 0 spiro atoms. The second kappa shape index (κ2) is 13.0. The Kier molecular flexibility index (Phi) is 8.63. The van der Waals surface area contributed by atoms with Crippen LogP contribution in [0.5, 0.6) is 11.8 Å². The molecule has 1 amide bonds. The summed E-state index contributed by atoms with van der Waals surface area (Å²) in [5, 5.41) is 10.7. The van der Waals surface area contributed by atoms with E-state index in [4.69, 9.17) is 13.9 Å². The van der Waals surface area contributed by atoms with Crippen LogP contribution in [0.1, 0.15) is 44.5 Å². The van der Waals surface area contributed by atoms with Gasteiger partial charge in [0.1, 0.15) is 34.7 Å². The number of fused-ring (bicyclic) bond motifs is 3. The number of amides is 1. The van der Waals surface area contributed by atoms with Crippen molar-refractivity contribution in [2.24, 2.45) is 5.92 Å². The monoisotopic (exact) mass is 708 g/mol. The predicted molar refractivity (Wildman–Crippen MR) is 175 cm³/mol. The number of anilines is 1. The number of alkyl halides is 3. The van der Waals surface area contributed by atoms with Gasteiger partial charge in [0.15, 0.2) is 17.2 Å². The number of furan rings is 1. The molecule has 0 unspecified atom stereocenters. The first-order chi connectivity index (χ1) is 24.4. The molecule has 266 valence electrons. The molecule has 12 nitrogen and oxygen atoms in total. The molecule has 5 aromatic rings. The van der Waals surface area contributed by atoms with Crippen LogP contribution in [-0.4, -0.2) is 80.7 Å². The lowest BCUT2D eigenvalue weighted by Crippen LogP contribution is -2.48. The van der Waals surface area contributed by atoms with E-state index in [1.54, 1.807) is 31.2 Å². The molecule has 0 bridgehead atoms. The number of carboxylic acids is 1. The summed E-state index contributed by atoms with van der Waals surface area (Å²) in [5.41, 5.74) is -1.38. The largest absolute Gasteiger partial charge is 0.481 e. The zero-order valence-corrected chi connectivity index (χ0v) is 27.6. The molecule has 0 saturated carbocycles. The quantitative estimate of drug-likeness (QED) is 0.187. The van der Waals surface area contributed by atoms with Crippen molar-refractivity contribution in [1.29, 1.82) is 0 Å². The Hall–Kier alpha value is -5.54. The van der Waals surface area contributed by atoms with Crippen LogP contribution in [0.15, 0.2) is 53.2 Å². The first kappa shape index (κ1) is 33.9. The molecule has 0 radical (unpaired) electrons. The summed E-state index contributed by atoms with van der Waals surface area (Å²) in [6, 6.07) is 8.15. The maximum atomic E-state index is 17.4. The minimum Gasteiger partial charge on any atom is -0.481 e. The van der Waals surface area contributed by atoms with Gasteiger partial charge in [-0.15, -0.1) is 0 Å². The third kappa shape index (κ3) is 6.01. The SMILES string of the molecule is COc1cc(-c2cnc(O[C@H]3C[C@@H](C(=O)O)N(c4nc(C(F)F)nc5c4oc4ccccc45)C3)c([C@@]3(F)CCN(C(C)=O)C[C@@H]3C)c2)c(F)cn1. The van der Waals surface area contributed by atoms with Crippen molar-refractivity contribution >= 4 is 39.8 Å². The van der Waals surface area contributed by atoms with Crippen LogP contribution in [0, 0.1) is 11.7 Å². The number of nitrogens with zero attached hydrogens (tertiary/aromatic N) is 6. The maximum absolute atomic E-state index is 17.4. The number of piperidine rings is 1. The summed E-state index contributed by atoms with van der Waals surface area (Å²) >= 11 is 0. The van der Waals surface area contributed by atoms with E-state index >= 15 is 8.78 Å². The van der Waals surface area contributed by atoms with Gasteiger partial charge >= 0.3 is 5.97 Å². The predicted octanol–water partition coefficient (Wildman–Crippen LogP) is 6.08. The Labute approximate surface area is 288 Å². The smallest absolute Gasteiger partial charge is 0.326 e. The van der Waals surface area contributed by atoms with Crippen molar-refractivity contribution in [3.8, 4) is 22.9 Å². The summed E-state index contributed by atoms with van der Waals surface area (Å²) in [6.07, 6.45) is -2.00. The number of carboxylic acid groups (broad SMARTS) is 1. The molecule has 2 fully saturated rings. The van der Waals surface area contributed by atoms with E-state index in [-0.39, 0.29) is 83.8 Å². The molecule has 2 aliphatic rings. The molecule has 51 heavy (non-hydrogen) atoms. The number of aliphatic carboxylic acids is 1. The van der Waals surface area contributed by atoms with Crippen molar-refractivity contribution in [1.82, 2.24) is 24.8 Å². The highest BCUT2D eigenvalue weighted by Crippen LogP contribution is 2.47. The van der Waals surface area contributed by atoms with Gasteiger partial charge in [0.25, 0.3) is 6.43 Å². The highest BCUT2D eigenvalue weighted by atomic mass is 19.3. The number of halogens is 4. The average molecular weight is 709 g/mol. The lowest BCUT2D eigenvalue weighted by molar-refractivity contribution is -0.138. The molecule has 4 atom stereocenters. The third-order valence-electron chi connectivity index (χ3n) is 9.63. The van der Waals surface area contributed by atoms with Gasteiger partial charge in [0, 0.05) is 67.5 Å². The topological polar surface area (TPSA) is 144 Å². The molecular formula is C35H32F4N6O6. The molecule has 1 N–H and O–H groups in total. The number of ether oxygens (including phenoxy) is 2. The van der Waals surface area contributed by atoms with Gasteiger partial charge in [-0.3, -0.25) is 4.79 Å². The van der Waals surface area contributed by atoms with Crippen molar-refractivity contribution in [2.45, 2.75) is 50.9 Å². The number of carbonyl (C=O) groups is 2. The van der Waals surface area contributed by atoms with Crippen molar-refractivity contribution in [2.75, 3.05) is 31.6 Å². The zero-order chi connectivity index (χ0) is 36.2. The Morgan fingerprint density at radius 2 is 1.90 bits per heavy atom. The molecule has 7 rings (SSSR count). The standard InChI is InChI=1S/C35H32F4N6O6/c1-17-15-44(18(2)46)9-8-35(17,39)23-10-19(22-12-27(49-3)40-14-24(22)36)13-41-33(23)50-20-11-25(34(47)48)45(16-20)32-29-28(42-31(43-32)30(37)38)21-6-4-5-7-26(21)51-29/h4-7,10,12-14,17,20,25,30H,8-9,11,15-16H2,1-3H3,(H,47,48)/t17-,20-,25-,35+/m0/s1. The Morgan fingerprint density at radius 3 is 2.61 bits per heavy atom. The normalized spacial score (nSPS) is 22.2. The molecular weight excluding hydrogens is 676 g/mol. The molecule has 2 saturated heterocycles. The van der Waals surface area contributed by atoms with Gasteiger partial charge in [-0.25, -0.2) is 42.3 Å². The fourth-order valence-electron chi connectivity index (χ4n) is 6.93. The van der Waals surface area contributed by atoms with Crippen LogP contribution in [-0.2, 0) is 15.3 Å². The van der Waals surface area contributed by atoms with E-state index in [2.05, 4.69) is 19.9 Å². The molecule has 16 heteroatoms. The van der Waals surface area contributed by atoms with Crippen LogP contribution in [0.2, 0.25) is 0 Å². The first-order valence-electron chi connectivity index (χ1n) is 16.2. The Balaban J connectivity index is 1.29. The minimum atomic E-state index is -3.06. The van der Waals surface area contributed by atoms with Gasteiger partial charge in [-0.1, -0.05) is 19.1 Å². The Morgan fingerprint density at radius 1 is 1.12 bits per heavy atom. The zero-order valence-electron chi connectivity index (χ0n) is 27.6. The maximum Gasteiger partial charge on any atom is 0.326 e. The fraction of sp³-hybridized carbons (Fsp3) is 0.371. The van der Waals surface area contributed by atoms with E-state index in [0.717, 1.165) is 6.20 Å². The number of hydrogen-bond donors (Lipinski definition) is 1. The first-order valence-corrected chi connectivity index (χ1v) is 16.2. The number of carbonyl (C=O) groups excluding carboxylic acids is 1. The van der Waals surface area contributed by atoms with Gasteiger partial charge in [0.2, 0.25) is 17.7 Å². The minimum absolute atomic E-state index is 0.0158. The Bertz CT molecular complexity index is 2170. The van der Waals surface area contributed by atoms with Crippen molar-refractivity contribution in [3.05, 3.63) is 66.0 Å². The second-order valence-electron chi connectivity index (χ2n) is 12.7. The molecule has 4 aromatic heterocycles. The average Bonchev–Trinajstić information content (AvgIpc) is 3.71. The van der Waals surface area contributed by atoms with Crippen LogP contribution >= 0.6 is 0 Å². The highest BCUT2D eigenvalue weighted by Gasteiger charge is 2.47. The molecule has 0 aliphatic carbocycles. The van der Waals surface area contributed by atoms with E-state index in [1.165, 1.54) is 42.2 Å². The molecule has 6 heterocycles. The number of pyridine rings is 2. The van der Waals surface area contributed by atoms with Crippen LogP contribution in [0.4, 0.5) is 23.4 Å². The molecule has 1 aromatic carbocycles. The summed E-state index contributed by atoms with van der Waals surface area (Å²) in [7, 11) is 1.37. The van der Waals surface area contributed by atoms with Gasteiger partial charge < -0.3 is 28.8 Å². The van der Waals surface area contributed by atoms with E-state index < -0.39 is 47.8 Å². The van der Waals surface area contributed by atoms with Gasteiger partial charge in [-0.05, 0) is 18.2 Å². The highest BCUT2D eigenvalue weighted by molar-refractivity contribution is 6.06. The fourth-order valence-corrected chi connectivity index (χ4v) is 6.93. The van der Waals surface area contributed by atoms with Crippen molar-refractivity contribution in [3.63, 3.8) is 0 Å². The summed E-state index contributed by atoms with van der Waals surface area (Å²) < 4.78 is 77.9.